The molecular weight excluding hydrogens is 210 g/mol. The van der Waals surface area contributed by atoms with Gasteiger partial charge in [-0.15, -0.1) is 0 Å². The summed E-state index contributed by atoms with van der Waals surface area (Å²) in [7, 11) is 0. The Labute approximate surface area is 107 Å². The van der Waals surface area contributed by atoms with Crippen molar-refractivity contribution >= 4 is 5.78 Å². The fourth-order valence-corrected chi connectivity index (χ4v) is 2.41. The number of ketones is 1. The molecule has 0 N–H and O–H groups in total. The van der Waals surface area contributed by atoms with Crippen LogP contribution in [0, 0.1) is 11.3 Å². The van der Waals surface area contributed by atoms with Crippen molar-refractivity contribution < 1.29 is 4.79 Å². The summed E-state index contributed by atoms with van der Waals surface area (Å²) < 4.78 is 0. The van der Waals surface area contributed by atoms with Gasteiger partial charge in [0, 0.05) is 23.9 Å². The molecule has 1 fully saturated rings. The van der Waals surface area contributed by atoms with Crippen LogP contribution >= 0.6 is 0 Å². The molecule has 100 valence electrons. The predicted molar refractivity (Wildman–Crippen MR) is 73.1 cm³/mol. The molecule has 0 saturated carbocycles. The molecule has 1 heterocycles. The van der Waals surface area contributed by atoms with Gasteiger partial charge in [-0.05, 0) is 46.1 Å². The molecule has 0 spiro atoms. The fraction of sp³-hybridized carbons (Fsp3) is 0.933. The fourth-order valence-electron chi connectivity index (χ4n) is 2.41. The summed E-state index contributed by atoms with van der Waals surface area (Å²) in [5.41, 5.74) is 0.0630. The number of likely N-dealkylation sites (tertiary alicyclic amines) is 1. The van der Waals surface area contributed by atoms with Crippen molar-refractivity contribution in [2.45, 2.75) is 66.3 Å². The molecule has 1 rings (SSSR count). The minimum absolute atomic E-state index is 0.177. The molecule has 0 aromatic rings. The Morgan fingerprint density at radius 1 is 1.18 bits per heavy atom. The van der Waals surface area contributed by atoms with Gasteiger partial charge in [0.2, 0.25) is 0 Å². The summed E-state index contributed by atoms with van der Waals surface area (Å²) in [6.07, 6.45) is 3.21. The van der Waals surface area contributed by atoms with E-state index in [1.807, 2.05) is 20.8 Å². The Hall–Kier alpha value is -0.370. The average Bonchev–Trinajstić information content (AvgIpc) is 2.15. The lowest BCUT2D eigenvalue weighted by Gasteiger charge is -2.42. The summed E-state index contributed by atoms with van der Waals surface area (Å²) in [6, 6.07) is 0. The largest absolute Gasteiger partial charge is 0.299 e. The van der Waals surface area contributed by atoms with E-state index in [9.17, 15) is 4.79 Å². The second kappa shape index (κ2) is 5.09. The van der Waals surface area contributed by atoms with E-state index in [4.69, 9.17) is 0 Å². The van der Waals surface area contributed by atoms with Gasteiger partial charge in [-0.1, -0.05) is 20.8 Å². The van der Waals surface area contributed by atoms with E-state index in [0.717, 1.165) is 13.0 Å². The molecule has 1 aliphatic rings. The van der Waals surface area contributed by atoms with Gasteiger partial charge in [-0.3, -0.25) is 9.69 Å². The highest BCUT2D eigenvalue weighted by molar-refractivity contribution is 5.83. The van der Waals surface area contributed by atoms with Crippen LogP contribution in [0.5, 0.6) is 0 Å². The van der Waals surface area contributed by atoms with Crippen LogP contribution in [0.25, 0.3) is 0 Å². The third kappa shape index (κ3) is 4.42. The van der Waals surface area contributed by atoms with Crippen LogP contribution < -0.4 is 0 Å². The molecule has 0 aliphatic carbocycles. The highest BCUT2D eigenvalue weighted by Crippen LogP contribution is 2.28. The van der Waals surface area contributed by atoms with Gasteiger partial charge in [0.1, 0.15) is 5.78 Å². The number of Topliss-reactive ketones (excluding diaryl/α,β-unsaturated/α-hetero) is 1. The first-order valence-electron chi connectivity index (χ1n) is 6.89. The summed E-state index contributed by atoms with van der Waals surface area (Å²) in [5, 5.41) is 0. The number of carbonyl (C=O) groups is 1. The van der Waals surface area contributed by atoms with Gasteiger partial charge < -0.3 is 0 Å². The van der Waals surface area contributed by atoms with Gasteiger partial charge >= 0.3 is 0 Å². The van der Waals surface area contributed by atoms with Crippen molar-refractivity contribution in [3.8, 4) is 0 Å². The molecule has 1 saturated heterocycles. The first-order chi connectivity index (χ1) is 7.60. The molecule has 0 aromatic heterocycles. The maximum absolute atomic E-state index is 12.1. The average molecular weight is 239 g/mol. The van der Waals surface area contributed by atoms with Crippen molar-refractivity contribution in [2.75, 3.05) is 13.1 Å². The van der Waals surface area contributed by atoms with Crippen molar-refractivity contribution in [1.29, 1.82) is 0 Å². The van der Waals surface area contributed by atoms with E-state index in [1.54, 1.807) is 0 Å². The third-order valence-corrected chi connectivity index (χ3v) is 3.78. The van der Waals surface area contributed by atoms with Crippen LogP contribution in [0.3, 0.4) is 0 Å². The number of rotatable bonds is 2. The molecule has 2 heteroatoms. The Morgan fingerprint density at radius 2 is 1.76 bits per heavy atom. The maximum Gasteiger partial charge on any atom is 0.138 e. The number of nitrogens with zero attached hydrogens (tertiary/aromatic N) is 1. The normalized spacial score (nSPS) is 23.8. The van der Waals surface area contributed by atoms with Crippen LogP contribution in [0.4, 0.5) is 0 Å². The minimum Gasteiger partial charge on any atom is -0.299 e. The van der Waals surface area contributed by atoms with Gasteiger partial charge in [-0.2, -0.15) is 0 Å². The van der Waals surface area contributed by atoms with Crippen LogP contribution in [0.15, 0.2) is 0 Å². The van der Waals surface area contributed by atoms with E-state index in [2.05, 4.69) is 25.7 Å². The van der Waals surface area contributed by atoms with Gasteiger partial charge in [-0.25, -0.2) is 0 Å². The van der Waals surface area contributed by atoms with Crippen LogP contribution in [-0.4, -0.2) is 29.3 Å². The molecule has 1 atom stereocenters. The first kappa shape index (κ1) is 14.7. The van der Waals surface area contributed by atoms with Crippen LogP contribution in [-0.2, 0) is 4.79 Å². The Kier molecular flexibility index (Phi) is 4.40. The number of carbonyl (C=O) groups excluding carboxylic acids is 1. The Bertz CT molecular complexity index is 270. The summed E-state index contributed by atoms with van der Waals surface area (Å²) in [6.45, 7) is 15.1. The van der Waals surface area contributed by atoms with E-state index in [1.165, 1.54) is 19.4 Å². The lowest BCUT2D eigenvalue weighted by molar-refractivity contribution is -0.127. The molecule has 0 bridgehead atoms. The Balaban J connectivity index is 2.54. The summed E-state index contributed by atoms with van der Waals surface area (Å²) in [4.78, 5) is 14.6. The van der Waals surface area contributed by atoms with Crippen molar-refractivity contribution in [1.82, 2.24) is 4.90 Å². The summed E-state index contributed by atoms with van der Waals surface area (Å²) >= 11 is 0. The van der Waals surface area contributed by atoms with Crippen LogP contribution in [0.2, 0.25) is 0 Å². The van der Waals surface area contributed by atoms with E-state index < -0.39 is 0 Å². The van der Waals surface area contributed by atoms with Gasteiger partial charge in [0.15, 0.2) is 0 Å². The summed E-state index contributed by atoms with van der Waals surface area (Å²) in [5.74, 6) is 0.980. The van der Waals surface area contributed by atoms with Gasteiger partial charge in [0.25, 0.3) is 0 Å². The first-order valence-corrected chi connectivity index (χ1v) is 6.89. The molecule has 0 unspecified atom stereocenters. The molecular formula is C15H29NO. The second-order valence-electron chi connectivity index (χ2n) is 7.50. The lowest BCUT2D eigenvalue weighted by Crippen LogP contribution is -2.47. The minimum atomic E-state index is -0.177. The second-order valence-corrected chi connectivity index (χ2v) is 7.50. The molecule has 0 aromatic carbocycles. The SMILES string of the molecule is CC(C)(C)C(=O)C[C@@H]1CCCN(C(C)(C)C)C1. The smallest absolute Gasteiger partial charge is 0.138 e. The van der Waals surface area contributed by atoms with E-state index in [-0.39, 0.29) is 11.0 Å². The van der Waals surface area contributed by atoms with Crippen molar-refractivity contribution in [3.63, 3.8) is 0 Å². The molecule has 1 aliphatic heterocycles. The number of hydrogen-bond acceptors (Lipinski definition) is 2. The standard InChI is InChI=1S/C15H29NO/c1-14(2,3)13(17)10-12-8-7-9-16(11-12)15(4,5)6/h12H,7-11H2,1-6H3/t12-/m0/s1. The Morgan fingerprint density at radius 3 is 2.24 bits per heavy atom. The third-order valence-electron chi connectivity index (χ3n) is 3.78. The van der Waals surface area contributed by atoms with E-state index >= 15 is 0 Å². The molecule has 0 radical (unpaired) electrons. The quantitative estimate of drug-likeness (QED) is 0.735. The zero-order valence-electron chi connectivity index (χ0n) is 12.5. The van der Waals surface area contributed by atoms with Crippen molar-refractivity contribution in [2.24, 2.45) is 11.3 Å². The highest BCUT2D eigenvalue weighted by atomic mass is 16.1. The lowest BCUT2D eigenvalue weighted by atomic mass is 9.82. The highest BCUT2D eigenvalue weighted by Gasteiger charge is 2.31. The molecule has 17 heavy (non-hydrogen) atoms. The number of hydrogen-bond donors (Lipinski definition) is 0. The maximum atomic E-state index is 12.1. The van der Waals surface area contributed by atoms with E-state index in [0.29, 0.717) is 11.7 Å². The molecule has 2 nitrogen and oxygen atoms in total. The zero-order valence-corrected chi connectivity index (χ0v) is 12.5. The monoisotopic (exact) mass is 239 g/mol. The van der Waals surface area contributed by atoms with Crippen LogP contribution in [0.1, 0.15) is 60.8 Å². The zero-order chi connectivity index (χ0) is 13.3. The molecule has 0 amide bonds. The van der Waals surface area contributed by atoms with Crippen molar-refractivity contribution in [3.05, 3.63) is 0 Å². The van der Waals surface area contributed by atoms with Gasteiger partial charge in [0.05, 0.1) is 0 Å². The number of piperidine rings is 1. The predicted octanol–water partition coefficient (Wildman–Crippen LogP) is 3.50. The topological polar surface area (TPSA) is 20.3 Å².